The highest BCUT2D eigenvalue weighted by molar-refractivity contribution is 7.25. The summed E-state index contributed by atoms with van der Waals surface area (Å²) in [5, 5.41) is 9.95. The molecule has 0 amide bonds. The SMILES string of the molecule is c1ccc2c(c1)oc1c(-c3ccc(N(c4ccc5sc6ccccc6c5c4)c4cccc5c6cccc7c8ccccc8n(c45)c76)cc3)cccc12. The Morgan fingerprint density at radius 2 is 1.08 bits per heavy atom. The molecule has 0 radical (unpaired) electrons. The van der Waals surface area contributed by atoms with Gasteiger partial charge in [-0.05, 0) is 60.2 Å². The van der Waals surface area contributed by atoms with Crippen molar-refractivity contribution in [3.63, 3.8) is 0 Å². The zero-order valence-electron chi connectivity index (χ0n) is 27.9. The fourth-order valence-corrected chi connectivity index (χ4v) is 9.76. The van der Waals surface area contributed by atoms with E-state index in [-0.39, 0.29) is 0 Å². The van der Waals surface area contributed by atoms with Crippen LogP contribution in [-0.4, -0.2) is 4.40 Å². The van der Waals surface area contributed by atoms with Crippen molar-refractivity contribution in [2.75, 3.05) is 4.90 Å². The molecule has 0 fully saturated rings. The van der Waals surface area contributed by atoms with Gasteiger partial charge in [-0.25, -0.2) is 0 Å². The minimum Gasteiger partial charge on any atom is -0.455 e. The number of para-hydroxylation sites is 5. The third kappa shape index (κ3) is 3.79. The molecular formula is C48H28N2OS. The number of anilines is 3. The van der Waals surface area contributed by atoms with Crippen LogP contribution in [0.3, 0.4) is 0 Å². The van der Waals surface area contributed by atoms with Gasteiger partial charge in [-0.3, -0.25) is 0 Å². The van der Waals surface area contributed by atoms with E-state index in [1.54, 1.807) is 0 Å². The minimum absolute atomic E-state index is 0.912. The molecule has 242 valence electrons. The Hall–Kier alpha value is -6.62. The van der Waals surface area contributed by atoms with Gasteiger partial charge in [0.2, 0.25) is 0 Å². The van der Waals surface area contributed by atoms with Crippen LogP contribution in [0, 0.1) is 0 Å². The van der Waals surface area contributed by atoms with Crippen LogP contribution < -0.4 is 4.90 Å². The van der Waals surface area contributed by atoms with Crippen molar-refractivity contribution in [3.05, 3.63) is 170 Å². The Balaban J connectivity index is 1.12. The summed E-state index contributed by atoms with van der Waals surface area (Å²) in [5.74, 6) is 0. The lowest BCUT2D eigenvalue weighted by molar-refractivity contribution is 0.670. The third-order valence-corrected chi connectivity index (χ3v) is 12.1. The summed E-state index contributed by atoms with van der Waals surface area (Å²) in [5.41, 5.74) is 11.1. The normalized spacial score (nSPS) is 12.2. The van der Waals surface area contributed by atoms with E-state index in [9.17, 15) is 0 Å². The standard InChI is InChI=1S/C48H28N2OS/c1-4-18-41-33(10-1)36-14-8-15-37-38-16-9-19-42(47(38)50(41)46(36)37)49(31-26-27-45-40(28-31)35-12-3-6-21-44(35)52-45)30-24-22-29(23-25-30)32-13-7-17-39-34-11-2-5-20-43(34)51-48(32)39/h1-28H. The first kappa shape index (κ1) is 28.1. The smallest absolute Gasteiger partial charge is 0.143 e. The van der Waals surface area contributed by atoms with Crippen molar-refractivity contribution in [1.29, 1.82) is 0 Å². The number of benzene rings is 8. The molecule has 0 atom stereocenters. The molecule has 0 spiro atoms. The zero-order chi connectivity index (χ0) is 33.9. The largest absolute Gasteiger partial charge is 0.455 e. The van der Waals surface area contributed by atoms with Crippen molar-refractivity contribution >= 4 is 109 Å². The summed E-state index contributed by atoms with van der Waals surface area (Å²) in [6.07, 6.45) is 0. The van der Waals surface area contributed by atoms with Crippen LogP contribution in [0.4, 0.5) is 17.1 Å². The molecule has 4 aromatic heterocycles. The van der Waals surface area contributed by atoms with Gasteiger partial charge >= 0.3 is 0 Å². The second kappa shape index (κ2) is 10.5. The highest BCUT2D eigenvalue weighted by Crippen LogP contribution is 2.47. The summed E-state index contributed by atoms with van der Waals surface area (Å²) < 4.78 is 11.5. The number of furan rings is 1. The first-order chi connectivity index (χ1) is 25.8. The molecule has 0 saturated heterocycles. The Kier molecular flexibility index (Phi) is 5.65. The van der Waals surface area contributed by atoms with Gasteiger partial charge in [0.15, 0.2) is 0 Å². The predicted molar refractivity (Wildman–Crippen MR) is 221 cm³/mol. The fourth-order valence-electron chi connectivity index (χ4n) is 8.68. The third-order valence-electron chi connectivity index (χ3n) is 10.9. The molecule has 3 nitrogen and oxygen atoms in total. The quantitative estimate of drug-likeness (QED) is 0.184. The van der Waals surface area contributed by atoms with Crippen LogP contribution in [0.5, 0.6) is 0 Å². The van der Waals surface area contributed by atoms with Crippen LogP contribution in [-0.2, 0) is 0 Å². The molecule has 0 aliphatic heterocycles. The first-order valence-electron chi connectivity index (χ1n) is 17.7. The lowest BCUT2D eigenvalue weighted by atomic mass is 10.0. The molecule has 12 aromatic rings. The average Bonchev–Trinajstić information content (AvgIpc) is 3.95. The van der Waals surface area contributed by atoms with Crippen molar-refractivity contribution in [3.8, 4) is 11.1 Å². The van der Waals surface area contributed by atoms with Gasteiger partial charge in [0.25, 0.3) is 0 Å². The Morgan fingerprint density at radius 3 is 1.96 bits per heavy atom. The van der Waals surface area contributed by atoms with E-state index in [1.807, 2.05) is 23.5 Å². The number of nitrogens with zero attached hydrogens (tertiary/aromatic N) is 2. The molecule has 8 aromatic carbocycles. The Bertz CT molecular complexity index is 3360. The molecular weight excluding hydrogens is 653 g/mol. The van der Waals surface area contributed by atoms with Crippen molar-refractivity contribution in [2.24, 2.45) is 0 Å². The van der Waals surface area contributed by atoms with Gasteiger partial charge in [-0.2, -0.15) is 0 Å². The topological polar surface area (TPSA) is 20.8 Å². The van der Waals surface area contributed by atoms with E-state index in [0.29, 0.717) is 0 Å². The van der Waals surface area contributed by atoms with E-state index in [1.165, 1.54) is 58.3 Å². The first-order valence-corrected chi connectivity index (χ1v) is 18.5. The summed E-state index contributed by atoms with van der Waals surface area (Å²) in [4.78, 5) is 2.45. The maximum Gasteiger partial charge on any atom is 0.143 e. The van der Waals surface area contributed by atoms with Gasteiger partial charge in [0.05, 0.1) is 22.2 Å². The average molecular weight is 681 g/mol. The van der Waals surface area contributed by atoms with Crippen LogP contribution >= 0.6 is 11.3 Å². The molecule has 4 heteroatoms. The molecule has 0 aliphatic rings. The van der Waals surface area contributed by atoms with E-state index >= 15 is 0 Å². The lowest BCUT2D eigenvalue weighted by Crippen LogP contribution is -2.11. The van der Waals surface area contributed by atoms with Crippen LogP contribution in [0.1, 0.15) is 0 Å². The Labute approximate surface area is 302 Å². The number of aromatic nitrogens is 1. The van der Waals surface area contributed by atoms with Crippen molar-refractivity contribution < 1.29 is 4.42 Å². The van der Waals surface area contributed by atoms with E-state index < -0.39 is 0 Å². The molecule has 4 heterocycles. The minimum atomic E-state index is 0.912. The molecule has 52 heavy (non-hydrogen) atoms. The van der Waals surface area contributed by atoms with E-state index in [0.717, 1.165) is 50.1 Å². The number of rotatable bonds is 4. The molecule has 0 saturated carbocycles. The van der Waals surface area contributed by atoms with E-state index in [4.69, 9.17) is 4.42 Å². The molecule has 0 aliphatic carbocycles. The van der Waals surface area contributed by atoms with Crippen LogP contribution in [0.2, 0.25) is 0 Å². The monoisotopic (exact) mass is 680 g/mol. The van der Waals surface area contributed by atoms with Crippen molar-refractivity contribution in [2.45, 2.75) is 0 Å². The van der Waals surface area contributed by atoms with Gasteiger partial charge in [0.1, 0.15) is 11.2 Å². The fraction of sp³-hybridized carbons (Fsp3) is 0. The number of thiophene rings is 1. The zero-order valence-corrected chi connectivity index (χ0v) is 28.7. The van der Waals surface area contributed by atoms with Gasteiger partial charge in [-0.1, -0.05) is 115 Å². The van der Waals surface area contributed by atoms with Gasteiger partial charge < -0.3 is 13.7 Å². The summed E-state index contributed by atoms with van der Waals surface area (Å²) >= 11 is 1.85. The van der Waals surface area contributed by atoms with Crippen molar-refractivity contribution in [1.82, 2.24) is 4.40 Å². The number of fused-ring (bicyclic) bond motifs is 12. The second-order valence-corrected chi connectivity index (χ2v) is 14.8. The maximum absolute atomic E-state index is 6.45. The molecule has 0 unspecified atom stereocenters. The Morgan fingerprint density at radius 1 is 0.442 bits per heavy atom. The van der Waals surface area contributed by atoms with Crippen LogP contribution in [0.25, 0.3) is 91.3 Å². The maximum atomic E-state index is 6.45. The molecule has 0 N–H and O–H groups in total. The summed E-state index contributed by atoms with van der Waals surface area (Å²) in [6, 6.07) is 61.7. The molecule has 12 rings (SSSR count). The number of hydrogen-bond acceptors (Lipinski definition) is 3. The highest BCUT2D eigenvalue weighted by atomic mass is 32.1. The van der Waals surface area contributed by atoms with Crippen LogP contribution in [0.15, 0.2) is 174 Å². The lowest BCUT2D eigenvalue weighted by Gasteiger charge is -2.27. The summed E-state index contributed by atoms with van der Waals surface area (Å²) in [7, 11) is 0. The highest BCUT2D eigenvalue weighted by Gasteiger charge is 2.24. The predicted octanol–water partition coefficient (Wildman–Crippen LogP) is 14.2. The summed E-state index contributed by atoms with van der Waals surface area (Å²) in [6.45, 7) is 0. The molecule has 0 bridgehead atoms. The van der Waals surface area contributed by atoms with E-state index in [2.05, 4.69) is 167 Å². The number of hydrogen-bond donors (Lipinski definition) is 0. The second-order valence-electron chi connectivity index (χ2n) is 13.7. The van der Waals surface area contributed by atoms with Gasteiger partial charge in [0, 0.05) is 69.4 Å². The van der Waals surface area contributed by atoms with Gasteiger partial charge in [-0.15, -0.1) is 11.3 Å².